The molecule has 0 radical (unpaired) electrons. The van der Waals surface area contributed by atoms with E-state index in [1.54, 1.807) is 12.8 Å². The summed E-state index contributed by atoms with van der Waals surface area (Å²) in [5, 5.41) is 0. The maximum atomic E-state index is 2.74. The Morgan fingerprint density at radius 3 is 2.41 bits per heavy atom. The van der Waals surface area contributed by atoms with Crippen LogP contribution in [0.1, 0.15) is 105 Å². The first-order valence-electron chi connectivity index (χ1n) is 12.5. The zero-order chi connectivity index (χ0) is 19.2. The van der Waals surface area contributed by atoms with E-state index in [0.29, 0.717) is 10.8 Å². The highest BCUT2D eigenvalue weighted by Crippen LogP contribution is 2.68. The zero-order valence-corrected chi connectivity index (χ0v) is 19.0. The molecule has 3 saturated carbocycles. The fourth-order valence-electron chi connectivity index (χ4n) is 8.86. The molecule has 0 heterocycles. The van der Waals surface area contributed by atoms with E-state index in [-0.39, 0.29) is 0 Å². The van der Waals surface area contributed by atoms with E-state index in [4.69, 9.17) is 0 Å². The van der Waals surface area contributed by atoms with Crippen LogP contribution in [0.15, 0.2) is 12.2 Å². The quantitative estimate of drug-likeness (QED) is 0.427. The lowest BCUT2D eigenvalue weighted by Gasteiger charge is -2.60. The van der Waals surface area contributed by atoms with E-state index in [9.17, 15) is 0 Å². The standard InChI is InChI=1S/C27H46/c1-19(2)9-8-10-20(3)23-14-15-24-22-13-12-21-11-6-7-17-26(21,4)25(22)16-18-27(23,24)5/h6-7,19-25H,8-18H2,1-5H3/t20-,21-,22?,23?,24?,25?,26?,27?/m1/s1. The first-order chi connectivity index (χ1) is 12.9. The average molecular weight is 371 g/mol. The van der Waals surface area contributed by atoms with E-state index in [1.165, 1.54) is 57.8 Å². The number of hydrogen-bond acceptors (Lipinski definition) is 0. The maximum Gasteiger partial charge on any atom is -0.0229 e. The molecule has 3 fully saturated rings. The SMILES string of the molecule is CC(C)CCC[C@@H](C)C1CCC2C3CC[C@H]4CC=CCC4(C)C3CCC21C. The Morgan fingerprint density at radius 1 is 0.852 bits per heavy atom. The Balaban J connectivity index is 1.47. The molecule has 154 valence electrons. The molecular formula is C27H46. The highest BCUT2D eigenvalue weighted by Gasteiger charge is 2.59. The van der Waals surface area contributed by atoms with Crippen molar-refractivity contribution < 1.29 is 0 Å². The van der Waals surface area contributed by atoms with Crippen molar-refractivity contribution >= 4 is 0 Å². The molecule has 0 N–H and O–H groups in total. The molecule has 0 saturated heterocycles. The van der Waals surface area contributed by atoms with Crippen molar-refractivity contribution in [2.24, 2.45) is 52.3 Å². The Kier molecular flexibility index (Phi) is 5.59. The predicted molar refractivity (Wildman–Crippen MR) is 118 cm³/mol. The van der Waals surface area contributed by atoms with Crippen molar-refractivity contribution in [2.75, 3.05) is 0 Å². The first-order valence-corrected chi connectivity index (χ1v) is 12.5. The summed E-state index contributed by atoms with van der Waals surface area (Å²) in [5.74, 6) is 6.92. The minimum Gasteiger partial charge on any atom is -0.0882 e. The van der Waals surface area contributed by atoms with Gasteiger partial charge in [-0.05, 0) is 104 Å². The molecule has 4 aliphatic carbocycles. The molecule has 0 aromatic carbocycles. The molecule has 0 aromatic heterocycles. The van der Waals surface area contributed by atoms with Crippen LogP contribution in [0.5, 0.6) is 0 Å². The van der Waals surface area contributed by atoms with E-state index in [2.05, 4.69) is 46.8 Å². The molecule has 0 aliphatic heterocycles. The second kappa shape index (κ2) is 7.53. The smallest absolute Gasteiger partial charge is 0.0229 e. The third-order valence-corrected chi connectivity index (χ3v) is 10.4. The molecule has 27 heavy (non-hydrogen) atoms. The fourth-order valence-corrected chi connectivity index (χ4v) is 8.86. The Morgan fingerprint density at radius 2 is 1.63 bits per heavy atom. The topological polar surface area (TPSA) is 0 Å². The van der Waals surface area contributed by atoms with Crippen LogP contribution in [0.3, 0.4) is 0 Å². The van der Waals surface area contributed by atoms with Gasteiger partial charge in [-0.1, -0.05) is 66.0 Å². The summed E-state index contributed by atoms with van der Waals surface area (Å²) in [5.41, 5.74) is 1.28. The molecule has 0 amide bonds. The van der Waals surface area contributed by atoms with E-state index < -0.39 is 0 Å². The van der Waals surface area contributed by atoms with Crippen molar-refractivity contribution in [3.63, 3.8) is 0 Å². The number of hydrogen-bond donors (Lipinski definition) is 0. The van der Waals surface area contributed by atoms with Crippen LogP contribution < -0.4 is 0 Å². The fraction of sp³-hybridized carbons (Fsp3) is 0.926. The first kappa shape index (κ1) is 20.0. The maximum absolute atomic E-state index is 2.74. The highest BCUT2D eigenvalue weighted by atomic mass is 14.6. The number of rotatable bonds is 5. The largest absolute Gasteiger partial charge is 0.0882 e. The van der Waals surface area contributed by atoms with Crippen LogP contribution in [0.25, 0.3) is 0 Å². The lowest BCUT2D eigenvalue weighted by Crippen LogP contribution is -2.52. The van der Waals surface area contributed by atoms with Gasteiger partial charge in [0.1, 0.15) is 0 Å². The zero-order valence-electron chi connectivity index (χ0n) is 19.0. The summed E-state index contributed by atoms with van der Waals surface area (Å²) in [6, 6.07) is 0. The summed E-state index contributed by atoms with van der Waals surface area (Å²) in [4.78, 5) is 0. The van der Waals surface area contributed by atoms with Gasteiger partial charge in [0.25, 0.3) is 0 Å². The summed E-state index contributed by atoms with van der Waals surface area (Å²) >= 11 is 0. The normalized spacial score (nSPS) is 47.4. The lowest BCUT2D eigenvalue weighted by molar-refractivity contribution is -0.101. The monoisotopic (exact) mass is 370 g/mol. The van der Waals surface area contributed by atoms with Gasteiger partial charge in [0.05, 0.1) is 0 Å². The van der Waals surface area contributed by atoms with Gasteiger partial charge in [0, 0.05) is 0 Å². The molecule has 0 heteroatoms. The molecule has 0 spiro atoms. The van der Waals surface area contributed by atoms with Gasteiger partial charge in [-0.3, -0.25) is 0 Å². The van der Waals surface area contributed by atoms with Gasteiger partial charge < -0.3 is 0 Å². The van der Waals surface area contributed by atoms with E-state index in [0.717, 1.165) is 41.4 Å². The average Bonchev–Trinajstić information content (AvgIpc) is 2.98. The predicted octanol–water partition coefficient (Wildman–Crippen LogP) is 8.27. The molecule has 6 unspecified atom stereocenters. The minimum absolute atomic E-state index is 0.625. The number of fused-ring (bicyclic) bond motifs is 5. The van der Waals surface area contributed by atoms with Crippen molar-refractivity contribution in [2.45, 2.75) is 105 Å². The summed E-state index contributed by atoms with van der Waals surface area (Å²) in [6.07, 6.45) is 21.3. The number of allylic oxidation sites excluding steroid dienone is 2. The van der Waals surface area contributed by atoms with Crippen LogP contribution in [0.2, 0.25) is 0 Å². The van der Waals surface area contributed by atoms with Gasteiger partial charge in [-0.2, -0.15) is 0 Å². The Hall–Kier alpha value is -0.260. The van der Waals surface area contributed by atoms with Crippen LogP contribution >= 0.6 is 0 Å². The molecule has 8 atom stereocenters. The lowest BCUT2D eigenvalue weighted by atomic mass is 9.45. The van der Waals surface area contributed by atoms with E-state index >= 15 is 0 Å². The van der Waals surface area contributed by atoms with Gasteiger partial charge in [-0.15, -0.1) is 0 Å². The van der Waals surface area contributed by atoms with Crippen molar-refractivity contribution in [3.05, 3.63) is 12.2 Å². The van der Waals surface area contributed by atoms with Crippen molar-refractivity contribution in [1.82, 2.24) is 0 Å². The summed E-state index contributed by atoms with van der Waals surface area (Å²) < 4.78 is 0. The third kappa shape index (κ3) is 3.36. The van der Waals surface area contributed by atoms with Gasteiger partial charge >= 0.3 is 0 Å². The molecule has 0 bridgehead atoms. The summed E-state index contributed by atoms with van der Waals surface area (Å²) in [6.45, 7) is 12.8. The van der Waals surface area contributed by atoms with Gasteiger partial charge in [0.2, 0.25) is 0 Å². The van der Waals surface area contributed by atoms with E-state index in [1.807, 2.05) is 0 Å². The van der Waals surface area contributed by atoms with Gasteiger partial charge in [0.15, 0.2) is 0 Å². The third-order valence-electron chi connectivity index (χ3n) is 10.4. The minimum atomic E-state index is 0.625. The second-order valence-electron chi connectivity index (χ2n) is 12.1. The van der Waals surface area contributed by atoms with Gasteiger partial charge in [-0.25, -0.2) is 0 Å². The molecule has 4 rings (SSSR count). The second-order valence-corrected chi connectivity index (χ2v) is 12.1. The van der Waals surface area contributed by atoms with Crippen molar-refractivity contribution in [3.8, 4) is 0 Å². The Labute approximate surface area is 170 Å². The molecule has 4 aliphatic rings. The highest BCUT2D eigenvalue weighted by molar-refractivity contribution is 5.12. The molecular weight excluding hydrogens is 324 g/mol. The van der Waals surface area contributed by atoms with Crippen LogP contribution in [0.4, 0.5) is 0 Å². The summed E-state index contributed by atoms with van der Waals surface area (Å²) in [7, 11) is 0. The van der Waals surface area contributed by atoms with Crippen LogP contribution in [-0.2, 0) is 0 Å². The Bertz CT molecular complexity index is 544. The molecule has 0 aromatic rings. The van der Waals surface area contributed by atoms with Crippen LogP contribution in [0, 0.1) is 52.3 Å². The van der Waals surface area contributed by atoms with Crippen molar-refractivity contribution in [1.29, 1.82) is 0 Å². The molecule has 0 nitrogen and oxygen atoms in total. The van der Waals surface area contributed by atoms with Crippen LogP contribution in [-0.4, -0.2) is 0 Å².